The summed E-state index contributed by atoms with van der Waals surface area (Å²) >= 11 is 0. The molecule has 19 heavy (non-hydrogen) atoms. The summed E-state index contributed by atoms with van der Waals surface area (Å²) in [7, 11) is 1.28. The van der Waals surface area contributed by atoms with Crippen LogP contribution >= 0.6 is 0 Å². The van der Waals surface area contributed by atoms with E-state index < -0.39 is 17.0 Å². The van der Waals surface area contributed by atoms with Gasteiger partial charge in [-0.05, 0) is 19.1 Å². The van der Waals surface area contributed by atoms with E-state index in [4.69, 9.17) is 0 Å². The number of carbonyl (C=O) groups excluding carboxylic acids is 2. The lowest BCUT2D eigenvalue weighted by Crippen LogP contribution is -2.45. The number of ketones is 1. The first-order valence-electron chi connectivity index (χ1n) is 5.94. The number of aliphatic hydroxyl groups is 1. The molecular weight excluding hydrogens is 244 g/mol. The standard InChI is InChI=1S/C15H18O4/c1-11(9-13(17)19-4)5-7-15(18)8-6-12(16)10-14(15,2)3/h6,8-9,18H,10H2,1-4H3/b11-9-. The SMILES string of the molecule is COC(=O)/C=C(/C)C#CC1(O)C=CC(=O)CC1(C)C. The van der Waals surface area contributed by atoms with Crippen molar-refractivity contribution in [3.05, 3.63) is 23.8 Å². The first-order chi connectivity index (χ1) is 8.70. The predicted octanol–water partition coefficient (Wildman–Crippen LogP) is 1.40. The molecule has 0 aromatic carbocycles. The van der Waals surface area contributed by atoms with Gasteiger partial charge in [0, 0.05) is 23.5 Å². The van der Waals surface area contributed by atoms with Crippen molar-refractivity contribution in [2.24, 2.45) is 5.41 Å². The van der Waals surface area contributed by atoms with E-state index in [1.165, 1.54) is 25.3 Å². The van der Waals surface area contributed by atoms with E-state index in [0.717, 1.165) is 0 Å². The fraction of sp³-hybridized carbons (Fsp3) is 0.467. The highest BCUT2D eigenvalue weighted by Crippen LogP contribution is 2.38. The van der Waals surface area contributed by atoms with E-state index in [-0.39, 0.29) is 12.2 Å². The molecule has 1 N–H and O–H groups in total. The van der Waals surface area contributed by atoms with Gasteiger partial charge < -0.3 is 9.84 Å². The Morgan fingerprint density at radius 3 is 2.68 bits per heavy atom. The third-order valence-corrected chi connectivity index (χ3v) is 3.14. The summed E-state index contributed by atoms with van der Waals surface area (Å²) in [6, 6.07) is 0. The van der Waals surface area contributed by atoms with Gasteiger partial charge in [-0.1, -0.05) is 25.7 Å². The van der Waals surface area contributed by atoms with E-state index in [1.54, 1.807) is 20.8 Å². The van der Waals surface area contributed by atoms with Gasteiger partial charge in [0.25, 0.3) is 0 Å². The third-order valence-electron chi connectivity index (χ3n) is 3.14. The van der Waals surface area contributed by atoms with E-state index >= 15 is 0 Å². The lowest BCUT2D eigenvalue weighted by molar-refractivity contribution is -0.134. The second-order valence-electron chi connectivity index (χ2n) is 5.23. The second kappa shape index (κ2) is 5.41. The lowest BCUT2D eigenvalue weighted by atomic mass is 9.68. The molecule has 1 unspecified atom stereocenters. The van der Waals surface area contributed by atoms with Crippen molar-refractivity contribution in [3.63, 3.8) is 0 Å². The van der Waals surface area contributed by atoms with Crippen molar-refractivity contribution in [3.8, 4) is 11.8 Å². The van der Waals surface area contributed by atoms with Crippen LogP contribution in [-0.4, -0.2) is 29.6 Å². The Bertz CT molecular complexity index is 514. The minimum Gasteiger partial charge on any atom is -0.466 e. The summed E-state index contributed by atoms with van der Waals surface area (Å²) in [5, 5.41) is 10.5. The van der Waals surface area contributed by atoms with E-state index in [1.807, 2.05) is 0 Å². The molecule has 0 fully saturated rings. The Labute approximate surface area is 113 Å². The first-order valence-corrected chi connectivity index (χ1v) is 5.94. The normalized spacial score (nSPS) is 25.5. The highest BCUT2D eigenvalue weighted by molar-refractivity contribution is 5.92. The zero-order valence-corrected chi connectivity index (χ0v) is 11.6. The van der Waals surface area contributed by atoms with Crippen LogP contribution < -0.4 is 0 Å². The minimum atomic E-state index is -1.38. The third kappa shape index (κ3) is 3.55. The summed E-state index contributed by atoms with van der Waals surface area (Å²) in [4.78, 5) is 22.4. The molecule has 0 radical (unpaired) electrons. The molecule has 0 amide bonds. The van der Waals surface area contributed by atoms with Crippen LogP contribution in [0, 0.1) is 17.3 Å². The van der Waals surface area contributed by atoms with Crippen molar-refractivity contribution in [1.29, 1.82) is 0 Å². The number of carbonyl (C=O) groups is 2. The van der Waals surface area contributed by atoms with Crippen LogP contribution in [0.5, 0.6) is 0 Å². The van der Waals surface area contributed by atoms with Gasteiger partial charge >= 0.3 is 5.97 Å². The van der Waals surface area contributed by atoms with Crippen LogP contribution in [0.3, 0.4) is 0 Å². The largest absolute Gasteiger partial charge is 0.466 e. The second-order valence-corrected chi connectivity index (χ2v) is 5.23. The Kier molecular flexibility index (Phi) is 4.33. The van der Waals surface area contributed by atoms with Gasteiger partial charge in [0.15, 0.2) is 5.78 Å². The Balaban J connectivity index is 3.04. The fourth-order valence-electron chi connectivity index (χ4n) is 1.74. The van der Waals surface area contributed by atoms with Crippen molar-refractivity contribution in [1.82, 2.24) is 0 Å². The van der Waals surface area contributed by atoms with Gasteiger partial charge in [0.1, 0.15) is 5.60 Å². The molecule has 0 aromatic rings. The molecule has 1 rings (SSSR count). The summed E-state index contributed by atoms with van der Waals surface area (Å²) in [6.45, 7) is 5.21. The zero-order chi connectivity index (χ0) is 14.7. The average Bonchev–Trinajstić information content (AvgIpc) is 2.31. The predicted molar refractivity (Wildman–Crippen MR) is 71.0 cm³/mol. The van der Waals surface area contributed by atoms with Crippen LogP contribution in [0.4, 0.5) is 0 Å². The van der Waals surface area contributed by atoms with Crippen LogP contribution in [0.2, 0.25) is 0 Å². The molecule has 1 aliphatic rings. The van der Waals surface area contributed by atoms with Crippen molar-refractivity contribution < 1.29 is 19.4 Å². The summed E-state index contributed by atoms with van der Waals surface area (Å²) in [5.74, 6) is 4.93. The van der Waals surface area contributed by atoms with Crippen LogP contribution in [0.15, 0.2) is 23.8 Å². The maximum absolute atomic E-state index is 11.4. The number of hydrogen-bond acceptors (Lipinski definition) is 4. The van der Waals surface area contributed by atoms with E-state index in [0.29, 0.717) is 5.57 Å². The number of methoxy groups -OCH3 is 1. The topological polar surface area (TPSA) is 63.6 Å². The molecule has 0 saturated heterocycles. The molecule has 0 saturated carbocycles. The average molecular weight is 262 g/mol. The van der Waals surface area contributed by atoms with E-state index in [9.17, 15) is 14.7 Å². The Morgan fingerprint density at radius 2 is 2.16 bits per heavy atom. The quantitative estimate of drug-likeness (QED) is 0.441. The van der Waals surface area contributed by atoms with Gasteiger partial charge in [-0.2, -0.15) is 0 Å². The first kappa shape index (κ1) is 15.2. The molecule has 4 heteroatoms. The smallest absolute Gasteiger partial charge is 0.331 e. The van der Waals surface area contributed by atoms with Crippen molar-refractivity contribution in [2.45, 2.75) is 32.8 Å². The minimum absolute atomic E-state index is 0.0294. The number of hydrogen-bond donors (Lipinski definition) is 1. The number of allylic oxidation sites excluding steroid dienone is 2. The van der Waals surface area contributed by atoms with Gasteiger partial charge in [-0.25, -0.2) is 4.79 Å². The van der Waals surface area contributed by atoms with Crippen LogP contribution in [0.1, 0.15) is 27.2 Å². The molecule has 0 bridgehead atoms. The molecule has 1 aliphatic carbocycles. The fourth-order valence-corrected chi connectivity index (χ4v) is 1.74. The molecular formula is C15H18O4. The van der Waals surface area contributed by atoms with Gasteiger partial charge in [-0.3, -0.25) is 4.79 Å². The number of rotatable bonds is 1. The highest BCUT2D eigenvalue weighted by Gasteiger charge is 2.43. The van der Waals surface area contributed by atoms with Crippen LogP contribution in [0.25, 0.3) is 0 Å². The van der Waals surface area contributed by atoms with Crippen molar-refractivity contribution in [2.75, 3.05) is 7.11 Å². The maximum atomic E-state index is 11.4. The monoisotopic (exact) mass is 262 g/mol. The Hall–Kier alpha value is -1.86. The van der Waals surface area contributed by atoms with Gasteiger partial charge in [0.2, 0.25) is 0 Å². The molecule has 0 heterocycles. The maximum Gasteiger partial charge on any atom is 0.331 e. The lowest BCUT2D eigenvalue weighted by Gasteiger charge is -2.38. The van der Waals surface area contributed by atoms with E-state index in [2.05, 4.69) is 16.6 Å². The summed E-state index contributed by atoms with van der Waals surface area (Å²) in [5.41, 5.74) is -1.56. The zero-order valence-electron chi connectivity index (χ0n) is 11.6. The van der Waals surface area contributed by atoms with Gasteiger partial charge in [0.05, 0.1) is 7.11 Å². The molecule has 0 aromatic heterocycles. The molecule has 0 aliphatic heterocycles. The molecule has 1 atom stereocenters. The molecule has 4 nitrogen and oxygen atoms in total. The summed E-state index contributed by atoms with van der Waals surface area (Å²) in [6.07, 6.45) is 4.24. The number of esters is 1. The van der Waals surface area contributed by atoms with Crippen LogP contribution in [-0.2, 0) is 14.3 Å². The highest BCUT2D eigenvalue weighted by atomic mass is 16.5. The van der Waals surface area contributed by atoms with Crippen molar-refractivity contribution >= 4 is 11.8 Å². The Morgan fingerprint density at radius 1 is 1.53 bits per heavy atom. The van der Waals surface area contributed by atoms with Gasteiger partial charge in [-0.15, -0.1) is 0 Å². The number of ether oxygens (including phenoxy) is 1. The molecule has 102 valence electrons. The summed E-state index contributed by atoms with van der Waals surface area (Å²) < 4.78 is 4.49. The molecule has 0 spiro atoms.